The Kier molecular flexibility index (Phi) is 4.00. The van der Waals surface area contributed by atoms with Crippen molar-refractivity contribution in [1.29, 1.82) is 0 Å². The zero-order chi connectivity index (χ0) is 14.0. The maximum Gasteiger partial charge on any atom is 0.150 e. The van der Waals surface area contributed by atoms with Crippen LogP contribution in [-0.2, 0) is 6.54 Å². The number of halogens is 2. The fourth-order valence-corrected chi connectivity index (χ4v) is 2.09. The summed E-state index contributed by atoms with van der Waals surface area (Å²) in [5.41, 5.74) is 2.57. The molecule has 0 aliphatic rings. The lowest BCUT2D eigenvalue weighted by molar-refractivity contribution is 0.627. The number of nitrogens with zero attached hydrogens (tertiary/aromatic N) is 3. The summed E-state index contributed by atoms with van der Waals surface area (Å²) >= 11 is 6.03. The number of anilines is 1. The van der Waals surface area contributed by atoms with E-state index in [2.05, 4.69) is 9.97 Å². The van der Waals surface area contributed by atoms with Gasteiger partial charge in [-0.25, -0.2) is 9.37 Å². The van der Waals surface area contributed by atoms with Gasteiger partial charge in [0, 0.05) is 24.8 Å². The number of aryl methyl sites for hydroxylation is 2. The van der Waals surface area contributed by atoms with Crippen molar-refractivity contribution in [2.45, 2.75) is 20.4 Å². The van der Waals surface area contributed by atoms with Gasteiger partial charge in [-0.05, 0) is 31.5 Å². The molecular formula is C14H15ClFN3. The molecule has 2 aromatic rings. The molecule has 0 aliphatic heterocycles. The third-order valence-corrected chi connectivity index (χ3v) is 3.19. The lowest BCUT2D eigenvalue weighted by Crippen LogP contribution is -2.20. The molecule has 0 amide bonds. The fourth-order valence-electron chi connectivity index (χ4n) is 1.87. The maximum absolute atomic E-state index is 13.0. The van der Waals surface area contributed by atoms with Crippen LogP contribution in [0, 0.1) is 19.7 Å². The van der Waals surface area contributed by atoms with Gasteiger partial charge >= 0.3 is 0 Å². The highest BCUT2D eigenvalue weighted by atomic mass is 35.5. The van der Waals surface area contributed by atoms with E-state index >= 15 is 0 Å². The number of rotatable bonds is 3. The largest absolute Gasteiger partial charge is 0.354 e. The summed E-state index contributed by atoms with van der Waals surface area (Å²) < 4.78 is 13.0. The molecule has 1 aromatic carbocycles. The average Bonchev–Trinajstić information content (AvgIpc) is 2.35. The van der Waals surface area contributed by atoms with E-state index < -0.39 is 0 Å². The molecule has 1 aromatic heterocycles. The maximum atomic E-state index is 13.0. The highest BCUT2D eigenvalue weighted by Gasteiger charge is 2.10. The summed E-state index contributed by atoms with van der Waals surface area (Å²) in [6, 6.07) is 4.41. The predicted octanol–water partition coefficient (Wildman–Crippen LogP) is 3.52. The molecule has 0 N–H and O–H groups in total. The minimum atomic E-state index is -0.331. The van der Waals surface area contributed by atoms with Gasteiger partial charge in [0.15, 0.2) is 0 Å². The first-order chi connectivity index (χ1) is 8.97. The second-order valence-electron chi connectivity index (χ2n) is 4.51. The minimum absolute atomic E-state index is 0.331. The quantitative estimate of drug-likeness (QED) is 0.861. The van der Waals surface area contributed by atoms with Gasteiger partial charge in [0.05, 0.1) is 11.4 Å². The van der Waals surface area contributed by atoms with Crippen LogP contribution in [0.4, 0.5) is 10.2 Å². The molecule has 0 aliphatic carbocycles. The predicted molar refractivity (Wildman–Crippen MR) is 75.0 cm³/mol. The van der Waals surface area contributed by atoms with E-state index in [0.717, 1.165) is 22.8 Å². The molecule has 1 heterocycles. The van der Waals surface area contributed by atoms with Crippen LogP contribution in [0.3, 0.4) is 0 Å². The van der Waals surface area contributed by atoms with Gasteiger partial charge < -0.3 is 4.90 Å². The molecule has 100 valence electrons. The van der Waals surface area contributed by atoms with Crippen LogP contribution in [0.1, 0.15) is 17.0 Å². The molecule has 0 fully saturated rings. The van der Waals surface area contributed by atoms with E-state index in [1.807, 2.05) is 25.8 Å². The third kappa shape index (κ3) is 3.20. The van der Waals surface area contributed by atoms with Crippen molar-refractivity contribution in [2.24, 2.45) is 0 Å². The lowest BCUT2D eigenvalue weighted by Gasteiger charge is -2.20. The van der Waals surface area contributed by atoms with E-state index in [0.29, 0.717) is 11.6 Å². The molecule has 0 unspecified atom stereocenters. The molecule has 19 heavy (non-hydrogen) atoms. The molecule has 0 saturated carbocycles. The Morgan fingerprint density at radius 3 is 2.74 bits per heavy atom. The van der Waals surface area contributed by atoms with Crippen molar-refractivity contribution in [3.8, 4) is 0 Å². The first-order valence-corrected chi connectivity index (χ1v) is 6.30. The Hall–Kier alpha value is -1.68. The van der Waals surface area contributed by atoms with Gasteiger partial charge in [-0.1, -0.05) is 17.7 Å². The second-order valence-corrected chi connectivity index (χ2v) is 4.92. The summed E-state index contributed by atoms with van der Waals surface area (Å²) in [6.45, 7) is 4.36. The molecule has 0 bridgehead atoms. The van der Waals surface area contributed by atoms with Crippen molar-refractivity contribution in [3.05, 3.63) is 52.2 Å². The van der Waals surface area contributed by atoms with Crippen LogP contribution < -0.4 is 4.90 Å². The Bertz CT molecular complexity index is 601. The normalized spacial score (nSPS) is 10.6. The Morgan fingerprint density at radius 2 is 2.05 bits per heavy atom. The van der Waals surface area contributed by atoms with Crippen molar-refractivity contribution in [1.82, 2.24) is 9.97 Å². The summed E-state index contributed by atoms with van der Waals surface area (Å²) in [5, 5.41) is 0.421. The average molecular weight is 280 g/mol. The number of hydrogen-bond donors (Lipinski definition) is 0. The zero-order valence-corrected chi connectivity index (χ0v) is 11.9. The van der Waals surface area contributed by atoms with Crippen LogP contribution >= 0.6 is 11.6 Å². The van der Waals surface area contributed by atoms with Crippen molar-refractivity contribution in [3.63, 3.8) is 0 Å². The molecular weight excluding hydrogens is 265 g/mol. The summed E-state index contributed by atoms with van der Waals surface area (Å²) in [6.07, 6.45) is 1.73. The topological polar surface area (TPSA) is 29.0 Å². The highest BCUT2D eigenvalue weighted by molar-refractivity contribution is 6.31. The Balaban J connectivity index is 2.25. The molecule has 5 heteroatoms. The fraction of sp³-hybridized carbons (Fsp3) is 0.286. The highest BCUT2D eigenvalue weighted by Crippen LogP contribution is 2.22. The Labute approximate surface area is 117 Å². The molecule has 0 radical (unpaired) electrons. The molecule has 3 nitrogen and oxygen atoms in total. The number of benzene rings is 1. The van der Waals surface area contributed by atoms with Gasteiger partial charge in [-0.15, -0.1) is 0 Å². The van der Waals surface area contributed by atoms with Crippen LogP contribution in [0.25, 0.3) is 0 Å². The van der Waals surface area contributed by atoms with E-state index in [1.54, 1.807) is 12.3 Å². The van der Waals surface area contributed by atoms with Crippen molar-refractivity contribution >= 4 is 17.4 Å². The first kappa shape index (κ1) is 13.7. The van der Waals surface area contributed by atoms with E-state index in [-0.39, 0.29) is 5.82 Å². The van der Waals surface area contributed by atoms with E-state index in [4.69, 9.17) is 11.6 Å². The molecule has 0 saturated heterocycles. The van der Waals surface area contributed by atoms with Crippen LogP contribution in [0.15, 0.2) is 24.4 Å². The summed E-state index contributed by atoms with van der Waals surface area (Å²) in [7, 11) is 1.91. The standard InChI is InChI=1S/C14H15ClFN3/c1-9-7-17-10(2)14(18-9)19(3)8-11-4-5-12(16)6-13(11)15/h4-7H,8H2,1-3H3. The smallest absolute Gasteiger partial charge is 0.150 e. The molecule has 0 atom stereocenters. The van der Waals surface area contributed by atoms with Crippen LogP contribution in [0.5, 0.6) is 0 Å². The van der Waals surface area contributed by atoms with Gasteiger partial charge in [0.2, 0.25) is 0 Å². The molecule has 0 spiro atoms. The second kappa shape index (κ2) is 5.53. The number of aromatic nitrogens is 2. The van der Waals surface area contributed by atoms with Gasteiger partial charge in [0.1, 0.15) is 11.6 Å². The van der Waals surface area contributed by atoms with Gasteiger partial charge in [-0.3, -0.25) is 4.98 Å². The van der Waals surface area contributed by atoms with Gasteiger partial charge in [0.25, 0.3) is 0 Å². The SMILES string of the molecule is Cc1cnc(C)c(N(C)Cc2ccc(F)cc2Cl)n1. The van der Waals surface area contributed by atoms with E-state index in [9.17, 15) is 4.39 Å². The Morgan fingerprint density at radius 1 is 1.32 bits per heavy atom. The minimum Gasteiger partial charge on any atom is -0.354 e. The third-order valence-electron chi connectivity index (χ3n) is 2.84. The van der Waals surface area contributed by atoms with Crippen molar-refractivity contribution < 1.29 is 4.39 Å². The zero-order valence-electron chi connectivity index (χ0n) is 11.1. The summed E-state index contributed by atoms with van der Waals surface area (Å²) in [5.74, 6) is 0.475. The van der Waals surface area contributed by atoms with E-state index in [1.165, 1.54) is 12.1 Å². The monoisotopic (exact) mass is 279 g/mol. The number of hydrogen-bond acceptors (Lipinski definition) is 3. The van der Waals surface area contributed by atoms with Gasteiger partial charge in [-0.2, -0.15) is 0 Å². The molecule has 2 rings (SSSR count). The van der Waals surface area contributed by atoms with Crippen LogP contribution in [-0.4, -0.2) is 17.0 Å². The van der Waals surface area contributed by atoms with Crippen molar-refractivity contribution in [2.75, 3.05) is 11.9 Å². The lowest BCUT2D eigenvalue weighted by atomic mass is 10.2. The van der Waals surface area contributed by atoms with Crippen LogP contribution in [0.2, 0.25) is 5.02 Å². The summed E-state index contributed by atoms with van der Waals surface area (Å²) in [4.78, 5) is 10.7. The first-order valence-electron chi connectivity index (χ1n) is 5.92.